The largest absolute Gasteiger partial charge is 0.491 e. The molecule has 6 aromatic rings. The summed E-state index contributed by atoms with van der Waals surface area (Å²) in [5.41, 5.74) is 15.5. The van der Waals surface area contributed by atoms with Crippen LogP contribution in [0.4, 0.5) is 0 Å². The van der Waals surface area contributed by atoms with E-state index in [2.05, 4.69) is 148 Å². The highest BCUT2D eigenvalue weighted by Gasteiger charge is 2.27. The molecule has 4 aliphatic heterocycles. The molecule has 0 saturated carbocycles. The molecule has 3 aliphatic carbocycles. The van der Waals surface area contributed by atoms with Crippen LogP contribution >= 0.6 is 0 Å². The lowest BCUT2D eigenvalue weighted by Gasteiger charge is -2.24. The molecule has 4 heterocycles. The molecule has 13 rings (SSSR count). The number of hydrogen-bond donors (Lipinski definition) is 1. The number of aryl methyl sites for hydroxylation is 3. The molecule has 428 valence electrons. The van der Waals surface area contributed by atoms with Gasteiger partial charge in [0, 0.05) is 0 Å². The van der Waals surface area contributed by atoms with Gasteiger partial charge in [0.2, 0.25) is 6.29 Å². The summed E-state index contributed by atoms with van der Waals surface area (Å²) in [5.74, 6) is 6.70. The zero-order valence-electron chi connectivity index (χ0n) is 47.7. The fourth-order valence-electron chi connectivity index (χ4n) is 11.5. The molecular formula is C71H78O11. The maximum Gasteiger partial charge on any atom is 0.231 e. The first-order chi connectivity index (χ1) is 40.2. The normalized spacial score (nSPS) is 23.6. The second-order valence-corrected chi connectivity index (χ2v) is 23.2. The molecule has 6 aromatic carbocycles. The van der Waals surface area contributed by atoms with Gasteiger partial charge in [-0.1, -0.05) is 72.8 Å². The van der Waals surface area contributed by atoms with Crippen LogP contribution in [0.3, 0.4) is 0 Å². The minimum Gasteiger partial charge on any atom is -0.491 e. The number of ether oxygens (including phenoxy) is 10. The molecule has 0 spiro atoms. The van der Waals surface area contributed by atoms with Gasteiger partial charge in [-0.15, -0.1) is 0 Å². The maximum absolute atomic E-state index is 10.7. The van der Waals surface area contributed by atoms with Crippen molar-refractivity contribution >= 4 is 16.7 Å². The molecule has 0 bridgehead atoms. The first-order valence-electron chi connectivity index (χ1n) is 29.8. The standard InChI is InChI=1S/C46H50O7.C25H28O4/c1-30-23-38(15-21-44(30)51-28-43-27-50-43)36-9-5-33(6-10-36)35-13-19-41(20-14-35)53-46(47)29-52-45-22-16-39(24-31(45)2)37-7-3-32(4-8-37)34-11-17-40(18-12-34)48-25-42-26-49-42;1-17-12-21(8-11-25(17)29-16-24-15-28-24)20-4-2-18(3-5-20)19-6-9-22(10-7-19)26-13-23-14-27-23/h7,9,11-24,32-33,42-43,46-47H,3-6,8,10,25-29H2,1-2H3;4,6-12,18,23-24H,2-3,5,13-16H2,1H3. The highest BCUT2D eigenvalue weighted by molar-refractivity contribution is 5.70. The van der Waals surface area contributed by atoms with E-state index in [-0.39, 0.29) is 18.8 Å². The maximum atomic E-state index is 10.7. The van der Waals surface area contributed by atoms with Crippen LogP contribution in [-0.4, -0.2) is 95.3 Å². The molecule has 11 heteroatoms. The lowest BCUT2D eigenvalue weighted by Crippen LogP contribution is -2.24. The second-order valence-electron chi connectivity index (χ2n) is 23.2. The van der Waals surface area contributed by atoms with E-state index in [1.54, 1.807) is 0 Å². The Hall–Kier alpha value is -6.86. The van der Waals surface area contributed by atoms with Crippen molar-refractivity contribution in [1.82, 2.24) is 0 Å². The van der Waals surface area contributed by atoms with E-state index in [1.165, 1.54) is 62.1 Å². The predicted molar refractivity (Wildman–Crippen MR) is 320 cm³/mol. The lowest BCUT2D eigenvalue weighted by atomic mass is 9.82. The van der Waals surface area contributed by atoms with Crippen molar-refractivity contribution < 1.29 is 52.5 Å². The SMILES string of the molecule is Cc1cc(C2=CCC(c3ccc(OCC4CO4)cc3)CC2)ccc1OCC(O)Oc1ccc(C2CC=C(c3ccc(OCC4CO4)c(C)c3)CC2)cc1.Cc1cc(C2=CCC(c3ccc(OCC4CO4)cc3)CC2)ccc1OCC1CO1. The Bertz CT molecular complexity index is 3200. The summed E-state index contributed by atoms with van der Waals surface area (Å²) in [4.78, 5) is 0. The number of hydrogen-bond acceptors (Lipinski definition) is 11. The van der Waals surface area contributed by atoms with Gasteiger partial charge in [0.25, 0.3) is 0 Å². The molecule has 11 nitrogen and oxygen atoms in total. The van der Waals surface area contributed by atoms with Crippen LogP contribution in [0.1, 0.15) is 126 Å². The number of allylic oxidation sites excluding steroid dienone is 6. The highest BCUT2D eigenvalue weighted by atomic mass is 16.6. The van der Waals surface area contributed by atoms with Crippen LogP contribution in [0.25, 0.3) is 16.7 Å². The van der Waals surface area contributed by atoms with Crippen molar-refractivity contribution in [2.75, 3.05) is 59.5 Å². The van der Waals surface area contributed by atoms with Crippen molar-refractivity contribution in [2.45, 2.75) is 127 Å². The molecule has 4 saturated heterocycles. The summed E-state index contributed by atoms with van der Waals surface area (Å²) in [5, 5.41) is 10.7. The van der Waals surface area contributed by atoms with Crippen molar-refractivity contribution in [3.63, 3.8) is 0 Å². The van der Waals surface area contributed by atoms with Gasteiger partial charge >= 0.3 is 0 Å². The van der Waals surface area contributed by atoms with E-state index >= 15 is 0 Å². The summed E-state index contributed by atoms with van der Waals surface area (Å²) in [7, 11) is 0. The fraction of sp³-hybridized carbons (Fsp3) is 0.408. The van der Waals surface area contributed by atoms with E-state index < -0.39 is 6.29 Å². The van der Waals surface area contributed by atoms with Crippen LogP contribution in [0.5, 0.6) is 34.5 Å². The first kappa shape index (κ1) is 55.7. The number of epoxide rings is 4. The summed E-state index contributed by atoms with van der Waals surface area (Å²) in [6, 6.07) is 44.7. The third-order valence-electron chi connectivity index (χ3n) is 16.9. The minimum atomic E-state index is -1.08. The summed E-state index contributed by atoms with van der Waals surface area (Å²) in [6.45, 7) is 12.2. The smallest absolute Gasteiger partial charge is 0.231 e. The van der Waals surface area contributed by atoms with Crippen molar-refractivity contribution in [3.8, 4) is 34.5 Å². The molecular weight excluding hydrogens is 1030 g/mol. The minimum absolute atomic E-state index is 0.0439. The van der Waals surface area contributed by atoms with Crippen LogP contribution < -0.4 is 28.4 Å². The van der Waals surface area contributed by atoms with Crippen molar-refractivity contribution in [3.05, 3.63) is 196 Å². The van der Waals surface area contributed by atoms with E-state index in [4.69, 9.17) is 47.4 Å². The van der Waals surface area contributed by atoms with E-state index in [0.717, 1.165) is 118 Å². The molecule has 0 amide bonds. The van der Waals surface area contributed by atoms with Gasteiger partial charge in [0.05, 0.1) is 26.4 Å². The number of benzene rings is 6. The number of rotatable bonds is 23. The Balaban J connectivity index is 0.000000193. The lowest BCUT2D eigenvalue weighted by molar-refractivity contribution is -0.0480. The summed E-state index contributed by atoms with van der Waals surface area (Å²) >= 11 is 0. The van der Waals surface area contributed by atoms with E-state index in [0.29, 0.717) is 62.1 Å². The van der Waals surface area contributed by atoms with E-state index in [9.17, 15) is 5.11 Å². The molecule has 7 aliphatic rings. The van der Waals surface area contributed by atoms with E-state index in [1.807, 2.05) is 18.2 Å². The van der Waals surface area contributed by atoms with Gasteiger partial charge < -0.3 is 52.5 Å². The Morgan fingerprint density at radius 3 is 1.02 bits per heavy atom. The summed E-state index contributed by atoms with van der Waals surface area (Å²) < 4.78 is 56.1. The highest BCUT2D eigenvalue weighted by Crippen LogP contribution is 2.41. The molecule has 0 aromatic heterocycles. The number of aliphatic hydroxyl groups excluding tert-OH is 1. The molecule has 1 N–H and O–H groups in total. The van der Waals surface area contributed by atoms with Crippen molar-refractivity contribution in [1.29, 1.82) is 0 Å². The van der Waals surface area contributed by atoms with Crippen LogP contribution in [0.2, 0.25) is 0 Å². The van der Waals surface area contributed by atoms with Crippen molar-refractivity contribution in [2.24, 2.45) is 0 Å². The van der Waals surface area contributed by atoms with Gasteiger partial charge in [-0.2, -0.15) is 0 Å². The predicted octanol–water partition coefficient (Wildman–Crippen LogP) is 14.2. The summed E-state index contributed by atoms with van der Waals surface area (Å²) in [6.07, 6.45) is 16.9. The average molecular weight is 1110 g/mol. The third-order valence-corrected chi connectivity index (χ3v) is 16.9. The first-order valence-corrected chi connectivity index (χ1v) is 29.8. The van der Waals surface area contributed by atoms with Crippen LogP contribution in [0.15, 0.2) is 146 Å². The van der Waals surface area contributed by atoms with Gasteiger partial charge in [-0.05, 0) is 236 Å². The third kappa shape index (κ3) is 15.4. The van der Waals surface area contributed by atoms with Gasteiger partial charge in [0.15, 0.2) is 6.61 Å². The van der Waals surface area contributed by atoms with Gasteiger partial charge in [-0.3, -0.25) is 0 Å². The zero-order valence-corrected chi connectivity index (χ0v) is 47.7. The molecule has 4 fully saturated rings. The number of aliphatic hydroxyl groups is 1. The molecule has 0 radical (unpaired) electrons. The second kappa shape index (κ2) is 26.2. The van der Waals surface area contributed by atoms with Gasteiger partial charge in [-0.25, -0.2) is 0 Å². The van der Waals surface area contributed by atoms with Gasteiger partial charge in [0.1, 0.15) is 85.3 Å². The molecule has 8 unspecified atom stereocenters. The Kier molecular flexibility index (Phi) is 17.8. The monoisotopic (exact) mass is 1110 g/mol. The molecule has 8 atom stereocenters. The van der Waals surface area contributed by atoms with Crippen LogP contribution in [-0.2, 0) is 18.9 Å². The fourth-order valence-corrected chi connectivity index (χ4v) is 11.5. The topological polar surface area (TPSA) is 126 Å². The Morgan fingerprint density at radius 1 is 0.402 bits per heavy atom. The average Bonchev–Trinajstić information content (AvgIpc) is 4.30. The Morgan fingerprint density at radius 2 is 0.720 bits per heavy atom. The molecule has 82 heavy (non-hydrogen) atoms. The zero-order chi connectivity index (χ0) is 55.8. The van der Waals surface area contributed by atoms with Crippen LogP contribution in [0, 0.1) is 20.8 Å². The quantitative estimate of drug-likeness (QED) is 0.0487. The Labute approximate surface area is 483 Å².